The lowest BCUT2D eigenvalue weighted by Crippen LogP contribution is -2.36. The molecule has 1 saturated heterocycles. The first-order chi connectivity index (χ1) is 8.34. The molecule has 0 aliphatic carbocycles. The Morgan fingerprint density at radius 1 is 1.29 bits per heavy atom. The van der Waals surface area contributed by atoms with Gasteiger partial charge < -0.3 is 10.2 Å². The van der Waals surface area contributed by atoms with Crippen molar-refractivity contribution in [2.24, 2.45) is 0 Å². The van der Waals surface area contributed by atoms with Gasteiger partial charge in [0.25, 0.3) is 0 Å². The van der Waals surface area contributed by atoms with Crippen molar-refractivity contribution in [3.05, 3.63) is 34.9 Å². The molecule has 0 saturated carbocycles. The molecule has 2 nitrogen and oxygen atoms in total. The lowest BCUT2D eigenvalue weighted by Gasteiger charge is -2.30. The molecule has 0 aromatic heterocycles. The predicted molar refractivity (Wildman–Crippen MR) is 71.3 cm³/mol. The molecule has 92 valence electrons. The molecule has 17 heavy (non-hydrogen) atoms. The second-order valence-corrected chi connectivity index (χ2v) is 5.48. The Morgan fingerprint density at radius 2 is 2.12 bits per heavy atom. The Bertz CT molecular complexity index is 394. The SMILES string of the molecule is Cc1cccc2c1CNCC2CN1CCCC1. The van der Waals surface area contributed by atoms with E-state index in [4.69, 9.17) is 0 Å². The number of benzene rings is 1. The first-order valence-corrected chi connectivity index (χ1v) is 6.86. The average molecular weight is 230 g/mol. The number of hydrogen-bond donors (Lipinski definition) is 1. The minimum atomic E-state index is 0.691. The number of nitrogens with one attached hydrogen (secondary N) is 1. The van der Waals surface area contributed by atoms with Gasteiger partial charge in [0.15, 0.2) is 0 Å². The molecule has 2 heterocycles. The number of hydrogen-bond acceptors (Lipinski definition) is 2. The summed E-state index contributed by atoms with van der Waals surface area (Å²) >= 11 is 0. The van der Waals surface area contributed by atoms with Crippen LogP contribution in [0.5, 0.6) is 0 Å². The van der Waals surface area contributed by atoms with Crippen LogP contribution in [0.3, 0.4) is 0 Å². The Balaban J connectivity index is 1.81. The molecule has 1 fully saturated rings. The monoisotopic (exact) mass is 230 g/mol. The first kappa shape index (κ1) is 11.2. The van der Waals surface area contributed by atoms with Crippen molar-refractivity contribution in [1.29, 1.82) is 0 Å². The van der Waals surface area contributed by atoms with Crippen molar-refractivity contribution in [3.8, 4) is 0 Å². The van der Waals surface area contributed by atoms with Crippen LogP contribution in [0.4, 0.5) is 0 Å². The number of fused-ring (bicyclic) bond motifs is 1. The van der Waals surface area contributed by atoms with Crippen molar-refractivity contribution in [1.82, 2.24) is 10.2 Å². The molecule has 2 aliphatic heterocycles. The summed E-state index contributed by atoms with van der Waals surface area (Å²) in [5, 5.41) is 3.58. The molecule has 0 radical (unpaired) electrons. The molecule has 1 atom stereocenters. The number of nitrogens with zero attached hydrogens (tertiary/aromatic N) is 1. The zero-order valence-corrected chi connectivity index (χ0v) is 10.7. The van der Waals surface area contributed by atoms with Gasteiger partial charge in [0.05, 0.1) is 0 Å². The van der Waals surface area contributed by atoms with Crippen molar-refractivity contribution in [2.75, 3.05) is 26.2 Å². The van der Waals surface area contributed by atoms with Crippen molar-refractivity contribution >= 4 is 0 Å². The molecule has 1 N–H and O–H groups in total. The fourth-order valence-electron chi connectivity index (χ4n) is 3.27. The Kier molecular flexibility index (Phi) is 3.17. The van der Waals surface area contributed by atoms with Crippen LogP contribution >= 0.6 is 0 Å². The molecule has 1 unspecified atom stereocenters. The highest BCUT2D eigenvalue weighted by Gasteiger charge is 2.24. The van der Waals surface area contributed by atoms with Gasteiger partial charge in [0, 0.05) is 25.6 Å². The number of aryl methyl sites for hydroxylation is 1. The third kappa shape index (κ3) is 2.24. The highest BCUT2D eigenvalue weighted by Crippen LogP contribution is 2.27. The van der Waals surface area contributed by atoms with Crippen LogP contribution in [-0.4, -0.2) is 31.1 Å². The van der Waals surface area contributed by atoms with Gasteiger partial charge in [-0.15, -0.1) is 0 Å². The quantitative estimate of drug-likeness (QED) is 0.838. The van der Waals surface area contributed by atoms with Gasteiger partial charge in [0.2, 0.25) is 0 Å². The maximum Gasteiger partial charge on any atom is 0.0211 e. The minimum absolute atomic E-state index is 0.691. The summed E-state index contributed by atoms with van der Waals surface area (Å²) in [6, 6.07) is 6.79. The van der Waals surface area contributed by atoms with Crippen LogP contribution in [0, 0.1) is 6.92 Å². The second-order valence-electron chi connectivity index (χ2n) is 5.48. The molecule has 1 aromatic carbocycles. The fourth-order valence-corrected chi connectivity index (χ4v) is 3.27. The summed E-state index contributed by atoms with van der Waals surface area (Å²) < 4.78 is 0. The summed E-state index contributed by atoms with van der Waals surface area (Å²) in [4.78, 5) is 2.63. The smallest absolute Gasteiger partial charge is 0.0211 e. The van der Waals surface area contributed by atoms with Crippen molar-refractivity contribution in [2.45, 2.75) is 32.2 Å². The minimum Gasteiger partial charge on any atom is -0.312 e. The zero-order valence-electron chi connectivity index (χ0n) is 10.7. The topological polar surface area (TPSA) is 15.3 Å². The first-order valence-electron chi connectivity index (χ1n) is 6.86. The van der Waals surface area contributed by atoms with Crippen LogP contribution in [-0.2, 0) is 6.54 Å². The van der Waals surface area contributed by atoms with Gasteiger partial charge in [-0.05, 0) is 49.5 Å². The van der Waals surface area contributed by atoms with Crippen LogP contribution in [0.25, 0.3) is 0 Å². The lowest BCUT2D eigenvalue weighted by atomic mass is 9.88. The zero-order chi connectivity index (χ0) is 11.7. The van der Waals surface area contributed by atoms with Gasteiger partial charge >= 0.3 is 0 Å². The Hall–Kier alpha value is -0.860. The summed E-state index contributed by atoms with van der Waals surface area (Å²) in [6.45, 7) is 8.28. The van der Waals surface area contributed by atoms with Crippen LogP contribution in [0.2, 0.25) is 0 Å². The van der Waals surface area contributed by atoms with E-state index in [1.807, 2.05) is 0 Å². The van der Waals surface area contributed by atoms with E-state index in [2.05, 4.69) is 35.3 Å². The molecule has 0 spiro atoms. The van der Waals surface area contributed by atoms with E-state index in [1.54, 1.807) is 11.1 Å². The van der Waals surface area contributed by atoms with Gasteiger partial charge in [-0.2, -0.15) is 0 Å². The maximum atomic E-state index is 3.58. The largest absolute Gasteiger partial charge is 0.312 e. The molecule has 3 rings (SSSR count). The molecule has 0 amide bonds. The van der Waals surface area contributed by atoms with Gasteiger partial charge in [-0.1, -0.05) is 18.2 Å². The van der Waals surface area contributed by atoms with Gasteiger partial charge in [0.1, 0.15) is 0 Å². The molecule has 1 aromatic rings. The van der Waals surface area contributed by atoms with E-state index in [9.17, 15) is 0 Å². The second kappa shape index (κ2) is 4.79. The van der Waals surface area contributed by atoms with Gasteiger partial charge in [-0.25, -0.2) is 0 Å². The highest BCUT2D eigenvalue weighted by atomic mass is 15.1. The number of rotatable bonds is 2. The van der Waals surface area contributed by atoms with E-state index in [0.717, 1.165) is 13.1 Å². The van der Waals surface area contributed by atoms with E-state index in [0.29, 0.717) is 5.92 Å². The summed E-state index contributed by atoms with van der Waals surface area (Å²) in [7, 11) is 0. The van der Waals surface area contributed by atoms with E-state index in [-0.39, 0.29) is 0 Å². The van der Waals surface area contributed by atoms with E-state index in [1.165, 1.54) is 38.0 Å². The predicted octanol–water partition coefficient (Wildman–Crippen LogP) is 2.28. The number of likely N-dealkylation sites (tertiary alicyclic amines) is 1. The summed E-state index contributed by atoms with van der Waals surface area (Å²) in [5.74, 6) is 0.691. The summed E-state index contributed by atoms with van der Waals surface area (Å²) in [6.07, 6.45) is 2.78. The van der Waals surface area contributed by atoms with Crippen LogP contribution in [0.1, 0.15) is 35.4 Å². The average Bonchev–Trinajstić information content (AvgIpc) is 2.83. The van der Waals surface area contributed by atoms with Crippen LogP contribution in [0.15, 0.2) is 18.2 Å². The Morgan fingerprint density at radius 3 is 2.94 bits per heavy atom. The molecule has 0 bridgehead atoms. The molecular formula is C15H22N2. The van der Waals surface area contributed by atoms with Crippen LogP contribution < -0.4 is 5.32 Å². The standard InChI is InChI=1S/C15H22N2/c1-12-5-4-6-14-13(9-16-10-15(12)14)11-17-7-2-3-8-17/h4-6,13,16H,2-3,7-11H2,1H3. The fraction of sp³-hybridized carbons (Fsp3) is 0.600. The third-order valence-corrected chi connectivity index (χ3v) is 4.26. The van der Waals surface area contributed by atoms with E-state index >= 15 is 0 Å². The van der Waals surface area contributed by atoms with Crippen molar-refractivity contribution < 1.29 is 0 Å². The molecular weight excluding hydrogens is 208 g/mol. The van der Waals surface area contributed by atoms with E-state index < -0.39 is 0 Å². The lowest BCUT2D eigenvalue weighted by molar-refractivity contribution is 0.303. The molecule has 2 heteroatoms. The third-order valence-electron chi connectivity index (χ3n) is 4.26. The Labute approximate surface area is 104 Å². The van der Waals surface area contributed by atoms with Crippen molar-refractivity contribution in [3.63, 3.8) is 0 Å². The highest BCUT2D eigenvalue weighted by molar-refractivity contribution is 5.38. The van der Waals surface area contributed by atoms with Gasteiger partial charge in [-0.3, -0.25) is 0 Å². The maximum absolute atomic E-state index is 3.58. The molecule has 2 aliphatic rings. The normalized spacial score (nSPS) is 24.9. The summed E-state index contributed by atoms with van der Waals surface area (Å²) in [5.41, 5.74) is 4.58.